The van der Waals surface area contributed by atoms with Crippen molar-refractivity contribution >= 4 is 28.2 Å². The summed E-state index contributed by atoms with van der Waals surface area (Å²) < 4.78 is 1.08. The third-order valence-electron chi connectivity index (χ3n) is 1.28. The maximum Gasteiger partial charge on any atom is 0.0484 e. The summed E-state index contributed by atoms with van der Waals surface area (Å²) in [4.78, 5) is 0. The molecule has 0 N–H and O–H groups in total. The molecule has 12 heavy (non-hydrogen) atoms. The monoisotopic (exact) mass is 200 g/mol. The quantitative estimate of drug-likeness (QED) is 0.488. The van der Waals surface area contributed by atoms with Crippen molar-refractivity contribution in [2.45, 2.75) is 20.3 Å². The minimum Gasteiger partial charge on any atom is -0.114 e. The van der Waals surface area contributed by atoms with E-state index in [2.05, 4.69) is 27.0 Å². The van der Waals surface area contributed by atoms with E-state index in [1.165, 1.54) is 0 Å². The maximum atomic E-state index is 5.18. The third-order valence-corrected chi connectivity index (χ3v) is 2.81. The molecule has 0 nitrogen and oxygen atoms in total. The van der Waals surface area contributed by atoms with Crippen LogP contribution in [0.1, 0.15) is 20.3 Å². The second kappa shape index (κ2) is 6.44. The van der Waals surface area contributed by atoms with Gasteiger partial charge in [-0.1, -0.05) is 45.3 Å². The fraction of sp³-hybridized carbons (Fsp3) is 0.500. The van der Waals surface area contributed by atoms with Crippen LogP contribution in [0.4, 0.5) is 0 Å². The zero-order chi connectivity index (χ0) is 9.56. The van der Waals surface area contributed by atoms with Crippen LogP contribution in [0.25, 0.3) is 0 Å². The molecule has 0 spiro atoms. The number of allylic oxidation sites excluding steroid dienone is 1. The molecule has 2 heteroatoms. The molecule has 0 saturated heterocycles. The zero-order valence-electron chi connectivity index (χ0n) is 7.80. The number of thioether (sulfide) groups is 1. The van der Waals surface area contributed by atoms with Crippen LogP contribution in [0.15, 0.2) is 24.8 Å². The summed E-state index contributed by atoms with van der Waals surface area (Å²) in [7, 11) is 0. The molecule has 0 atom stereocenters. The van der Waals surface area contributed by atoms with E-state index in [-0.39, 0.29) is 0 Å². The highest BCUT2D eigenvalue weighted by molar-refractivity contribution is 8.23. The lowest BCUT2D eigenvalue weighted by Gasteiger charge is -2.05. The van der Waals surface area contributed by atoms with E-state index >= 15 is 0 Å². The van der Waals surface area contributed by atoms with Gasteiger partial charge in [0.15, 0.2) is 0 Å². The lowest BCUT2D eigenvalue weighted by atomic mass is 10.2. The molecule has 0 radical (unpaired) electrons. The molecule has 0 fully saturated rings. The van der Waals surface area contributed by atoms with Crippen molar-refractivity contribution in [2.75, 3.05) is 5.75 Å². The van der Waals surface area contributed by atoms with Gasteiger partial charge in [0.05, 0.1) is 0 Å². The van der Waals surface area contributed by atoms with Crippen molar-refractivity contribution in [1.82, 2.24) is 0 Å². The Morgan fingerprint density at radius 2 is 2.17 bits per heavy atom. The van der Waals surface area contributed by atoms with Gasteiger partial charge in [-0.25, -0.2) is 0 Å². The van der Waals surface area contributed by atoms with Gasteiger partial charge in [-0.05, 0) is 17.9 Å². The summed E-state index contributed by atoms with van der Waals surface area (Å²) in [5.74, 6) is 1.54. The molecule has 0 aromatic carbocycles. The molecule has 0 rings (SSSR count). The Labute approximate surface area is 85.1 Å². The zero-order valence-corrected chi connectivity index (χ0v) is 9.43. The van der Waals surface area contributed by atoms with E-state index in [0.717, 1.165) is 21.9 Å². The van der Waals surface area contributed by atoms with E-state index in [1.54, 1.807) is 17.8 Å². The second-order valence-corrected chi connectivity index (χ2v) is 4.94. The van der Waals surface area contributed by atoms with Crippen molar-refractivity contribution in [1.29, 1.82) is 0 Å². The van der Waals surface area contributed by atoms with Crippen LogP contribution >= 0.6 is 24.0 Å². The van der Waals surface area contributed by atoms with Gasteiger partial charge in [-0.15, -0.1) is 11.8 Å². The minimum atomic E-state index is 0.655. The lowest BCUT2D eigenvalue weighted by molar-refractivity contribution is 0.692. The molecular formula is C10H16S2. The second-order valence-electron chi connectivity index (χ2n) is 3.12. The molecule has 0 aliphatic rings. The van der Waals surface area contributed by atoms with Crippen molar-refractivity contribution < 1.29 is 0 Å². The largest absolute Gasteiger partial charge is 0.114 e. The standard InChI is InChI=1S/C10H16S2/c1-5-9(4)7-12-10(11)6-8(2)3/h5,8H,1,4,6-7H2,2-3H3. The maximum absolute atomic E-state index is 5.18. The first-order valence-corrected chi connectivity index (χ1v) is 5.41. The third kappa shape index (κ3) is 6.62. The average molecular weight is 200 g/mol. The number of hydrogen-bond acceptors (Lipinski definition) is 2. The molecule has 0 aromatic rings. The molecule has 68 valence electrons. The van der Waals surface area contributed by atoms with Crippen LogP contribution < -0.4 is 0 Å². The summed E-state index contributed by atoms with van der Waals surface area (Å²) in [6.45, 7) is 11.8. The van der Waals surface area contributed by atoms with Crippen molar-refractivity contribution in [3.05, 3.63) is 24.8 Å². The molecular weight excluding hydrogens is 184 g/mol. The van der Waals surface area contributed by atoms with Gasteiger partial charge >= 0.3 is 0 Å². The Bertz CT molecular complexity index is 180. The minimum absolute atomic E-state index is 0.655. The van der Waals surface area contributed by atoms with E-state index < -0.39 is 0 Å². The van der Waals surface area contributed by atoms with Gasteiger partial charge in [-0.2, -0.15) is 0 Å². The first-order valence-electron chi connectivity index (χ1n) is 4.02. The van der Waals surface area contributed by atoms with Crippen molar-refractivity contribution in [3.63, 3.8) is 0 Å². The molecule has 0 saturated carbocycles. The number of rotatable bonds is 5. The SMILES string of the molecule is C=CC(=C)CSC(=S)CC(C)C. The topological polar surface area (TPSA) is 0 Å². The molecule has 0 aliphatic carbocycles. The van der Waals surface area contributed by atoms with Gasteiger partial charge in [0.2, 0.25) is 0 Å². The summed E-state index contributed by atoms with van der Waals surface area (Å²) in [6, 6.07) is 0. The van der Waals surface area contributed by atoms with Crippen molar-refractivity contribution in [2.24, 2.45) is 5.92 Å². The highest BCUT2D eigenvalue weighted by Crippen LogP contribution is 2.15. The Morgan fingerprint density at radius 3 is 2.58 bits per heavy atom. The Hall–Kier alpha value is -0.0800. The molecule has 0 amide bonds. The first kappa shape index (κ1) is 11.9. The lowest BCUT2D eigenvalue weighted by Crippen LogP contribution is -1.97. The normalized spacial score (nSPS) is 9.92. The number of thiocarbonyl (C=S) groups is 1. The predicted molar refractivity (Wildman–Crippen MR) is 63.8 cm³/mol. The fourth-order valence-corrected chi connectivity index (χ4v) is 2.05. The van der Waals surface area contributed by atoms with Crippen LogP contribution in [0.2, 0.25) is 0 Å². The fourth-order valence-electron chi connectivity index (χ4n) is 0.624. The van der Waals surface area contributed by atoms with Crippen LogP contribution in [0, 0.1) is 5.92 Å². The Balaban J connectivity index is 3.57. The van der Waals surface area contributed by atoms with E-state index in [1.807, 2.05) is 0 Å². The van der Waals surface area contributed by atoms with Gasteiger partial charge < -0.3 is 0 Å². The smallest absolute Gasteiger partial charge is 0.0484 e. The van der Waals surface area contributed by atoms with Crippen LogP contribution in [0.5, 0.6) is 0 Å². The molecule has 0 aromatic heterocycles. The molecule has 0 unspecified atom stereocenters. The van der Waals surface area contributed by atoms with Gasteiger partial charge in [0, 0.05) is 9.95 Å². The van der Waals surface area contributed by atoms with Gasteiger partial charge in [-0.3, -0.25) is 0 Å². The number of hydrogen-bond donors (Lipinski definition) is 0. The van der Waals surface area contributed by atoms with Gasteiger partial charge in [0.25, 0.3) is 0 Å². The van der Waals surface area contributed by atoms with Crippen LogP contribution in [-0.2, 0) is 0 Å². The molecule has 0 bridgehead atoms. The highest BCUT2D eigenvalue weighted by Gasteiger charge is 2.01. The molecule has 0 heterocycles. The van der Waals surface area contributed by atoms with E-state index in [4.69, 9.17) is 12.2 Å². The summed E-state index contributed by atoms with van der Waals surface area (Å²) in [6.07, 6.45) is 2.80. The summed E-state index contributed by atoms with van der Waals surface area (Å²) in [5.41, 5.74) is 1.05. The predicted octanol–water partition coefficient (Wildman–Crippen LogP) is 3.84. The highest BCUT2D eigenvalue weighted by atomic mass is 32.2. The van der Waals surface area contributed by atoms with Crippen molar-refractivity contribution in [3.8, 4) is 0 Å². The Morgan fingerprint density at radius 1 is 1.58 bits per heavy atom. The molecule has 0 aliphatic heterocycles. The van der Waals surface area contributed by atoms with E-state index in [9.17, 15) is 0 Å². The van der Waals surface area contributed by atoms with E-state index in [0.29, 0.717) is 5.92 Å². The average Bonchev–Trinajstić information content (AvgIpc) is 1.99. The Kier molecular flexibility index (Phi) is 6.39. The van der Waals surface area contributed by atoms with Crippen LogP contribution in [-0.4, -0.2) is 9.95 Å². The summed E-state index contributed by atoms with van der Waals surface area (Å²) in [5, 5.41) is 0. The first-order chi connectivity index (χ1) is 5.56. The van der Waals surface area contributed by atoms with Crippen LogP contribution in [0.3, 0.4) is 0 Å². The van der Waals surface area contributed by atoms with Gasteiger partial charge in [0.1, 0.15) is 0 Å². The summed E-state index contributed by atoms with van der Waals surface area (Å²) >= 11 is 6.88.